The number of anilines is 1. The summed E-state index contributed by atoms with van der Waals surface area (Å²) < 4.78 is 0. The van der Waals surface area contributed by atoms with E-state index >= 15 is 0 Å². The van der Waals surface area contributed by atoms with Crippen LogP contribution in [0.3, 0.4) is 0 Å². The van der Waals surface area contributed by atoms with E-state index in [-0.39, 0.29) is 17.0 Å². The summed E-state index contributed by atoms with van der Waals surface area (Å²) in [5, 5.41) is 5.31. The molecule has 2 amide bonds. The number of aromatic nitrogens is 1. The number of hydrogen-bond donors (Lipinski definition) is 3. The first kappa shape index (κ1) is 21.4. The molecule has 0 bridgehead atoms. The molecule has 0 aliphatic heterocycles. The molecule has 0 atom stereocenters. The molecule has 5 nitrogen and oxygen atoms in total. The van der Waals surface area contributed by atoms with Crippen molar-refractivity contribution in [3.8, 4) is 11.1 Å². The SMILES string of the molecule is CNC(=O)Nc1ccc(CCc2cc(-c3ccc[nH]c3=O)cc(C(C)(C)C)c2)cc1. The van der Waals surface area contributed by atoms with Gasteiger partial charge in [-0.25, -0.2) is 4.79 Å². The van der Waals surface area contributed by atoms with Gasteiger partial charge < -0.3 is 15.6 Å². The Morgan fingerprint density at radius 3 is 2.30 bits per heavy atom. The number of hydrogen-bond acceptors (Lipinski definition) is 2. The van der Waals surface area contributed by atoms with Crippen molar-refractivity contribution in [2.75, 3.05) is 12.4 Å². The van der Waals surface area contributed by atoms with Gasteiger partial charge in [-0.05, 0) is 64.8 Å². The lowest BCUT2D eigenvalue weighted by molar-refractivity contribution is 0.254. The number of carbonyl (C=O) groups is 1. The number of nitrogens with one attached hydrogen (secondary N) is 3. The van der Waals surface area contributed by atoms with E-state index in [4.69, 9.17) is 0 Å². The summed E-state index contributed by atoms with van der Waals surface area (Å²) in [6, 6.07) is 17.8. The first-order valence-corrected chi connectivity index (χ1v) is 10.2. The summed E-state index contributed by atoms with van der Waals surface area (Å²) >= 11 is 0. The van der Waals surface area contributed by atoms with E-state index < -0.39 is 0 Å². The lowest BCUT2D eigenvalue weighted by Crippen LogP contribution is -2.24. The smallest absolute Gasteiger partial charge is 0.318 e. The van der Waals surface area contributed by atoms with Crippen LogP contribution in [-0.4, -0.2) is 18.1 Å². The quantitative estimate of drug-likeness (QED) is 0.568. The van der Waals surface area contributed by atoms with E-state index in [1.807, 2.05) is 36.4 Å². The summed E-state index contributed by atoms with van der Waals surface area (Å²) in [6.45, 7) is 6.55. The number of carbonyl (C=O) groups excluding carboxylic acids is 1. The van der Waals surface area contributed by atoms with E-state index in [1.54, 1.807) is 13.2 Å². The molecule has 0 aliphatic rings. The first-order chi connectivity index (χ1) is 14.3. The van der Waals surface area contributed by atoms with Gasteiger partial charge in [0.25, 0.3) is 5.56 Å². The summed E-state index contributed by atoms with van der Waals surface area (Å²) in [7, 11) is 1.59. The number of benzene rings is 2. The number of urea groups is 1. The van der Waals surface area contributed by atoms with Crippen LogP contribution < -0.4 is 16.2 Å². The van der Waals surface area contributed by atoms with Gasteiger partial charge in [-0.3, -0.25) is 4.79 Å². The van der Waals surface area contributed by atoms with Crippen LogP contribution in [-0.2, 0) is 18.3 Å². The van der Waals surface area contributed by atoms with Crippen molar-refractivity contribution in [3.63, 3.8) is 0 Å². The highest BCUT2D eigenvalue weighted by molar-refractivity contribution is 5.88. The zero-order valence-electron chi connectivity index (χ0n) is 18.0. The Hall–Kier alpha value is -3.34. The molecule has 0 radical (unpaired) electrons. The van der Waals surface area contributed by atoms with Crippen molar-refractivity contribution < 1.29 is 4.79 Å². The molecule has 1 heterocycles. The molecule has 1 aromatic heterocycles. The van der Waals surface area contributed by atoms with E-state index in [0.29, 0.717) is 5.56 Å². The summed E-state index contributed by atoms with van der Waals surface area (Å²) in [5.41, 5.74) is 5.92. The zero-order chi connectivity index (χ0) is 21.7. The van der Waals surface area contributed by atoms with Crippen LogP contribution in [0.1, 0.15) is 37.5 Å². The highest BCUT2D eigenvalue weighted by Gasteiger charge is 2.16. The summed E-state index contributed by atoms with van der Waals surface area (Å²) in [5.74, 6) is 0. The lowest BCUT2D eigenvalue weighted by Gasteiger charge is -2.21. The molecule has 0 unspecified atom stereocenters. The summed E-state index contributed by atoms with van der Waals surface area (Å²) in [4.78, 5) is 26.5. The van der Waals surface area contributed by atoms with Crippen LogP contribution in [0.25, 0.3) is 11.1 Å². The second-order valence-electron chi connectivity index (χ2n) is 8.48. The number of pyridine rings is 1. The first-order valence-electron chi connectivity index (χ1n) is 10.2. The van der Waals surface area contributed by atoms with Gasteiger partial charge in [-0.1, -0.05) is 51.1 Å². The standard InChI is InChI=1S/C25H29N3O2/c1-25(2,3)20-15-18(14-19(16-20)22-6-5-13-27-23(22)29)8-7-17-9-11-21(12-10-17)28-24(30)26-4/h5-6,9-16H,7-8H2,1-4H3,(H,27,29)(H2,26,28,30). The number of H-pyrrole nitrogens is 1. The minimum atomic E-state index is -0.231. The number of aryl methyl sites for hydroxylation is 2. The predicted molar refractivity (Wildman–Crippen MR) is 123 cm³/mol. The Kier molecular flexibility index (Phi) is 6.40. The fraction of sp³-hybridized carbons (Fsp3) is 0.280. The molecule has 2 aromatic carbocycles. The monoisotopic (exact) mass is 403 g/mol. The van der Waals surface area contributed by atoms with Crippen LogP contribution in [0.4, 0.5) is 10.5 Å². The van der Waals surface area contributed by atoms with Gasteiger partial charge in [0.1, 0.15) is 0 Å². The number of amides is 2. The molecule has 0 aliphatic carbocycles. The van der Waals surface area contributed by atoms with E-state index in [9.17, 15) is 9.59 Å². The van der Waals surface area contributed by atoms with Crippen LogP contribution in [0.2, 0.25) is 0 Å². The fourth-order valence-corrected chi connectivity index (χ4v) is 3.31. The molecule has 0 fully saturated rings. The Morgan fingerprint density at radius 1 is 0.967 bits per heavy atom. The van der Waals surface area contributed by atoms with Crippen molar-refractivity contribution in [2.45, 2.75) is 39.0 Å². The van der Waals surface area contributed by atoms with Crippen molar-refractivity contribution in [2.24, 2.45) is 0 Å². The topological polar surface area (TPSA) is 74.0 Å². The highest BCUT2D eigenvalue weighted by atomic mass is 16.2. The third-order valence-electron chi connectivity index (χ3n) is 5.13. The van der Waals surface area contributed by atoms with Gasteiger partial charge in [0, 0.05) is 24.5 Å². The zero-order valence-corrected chi connectivity index (χ0v) is 18.0. The second-order valence-corrected chi connectivity index (χ2v) is 8.48. The van der Waals surface area contributed by atoms with E-state index in [2.05, 4.69) is 54.6 Å². The maximum Gasteiger partial charge on any atom is 0.318 e. The van der Waals surface area contributed by atoms with Crippen molar-refractivity contribution >= 4 is 11.7 Å². The fourth-order valence-electron chi connectivity index (χ4n) is 3.31. The molecular weight excluding hydrogens is 374 g/mol. The minimum absolute atomic E-state index is 0.0144. The molecule has 5 heteroatoms. The average Bonchev–Trinajstić information content (AvgIpc) is 2.72. The predicted octanol–water partition coefficient (Wildman–Crippen LogP) is 4.88. The Morgan fingerprint density at radius 2 is 1.67 bits per heavy atom. The second kappa shape index (κ2) is 8.99. The Balaban J connectivity index is 1.83. The third-order valence-corrected chi connectivity index (χ3v) is 5.13. The highest BCUT2D eigenvalue weighted by Crippen LogP contribution is 2.29. The lowest BCUT2D eigenvalue weighted by atomic mass is 9.83. The van der Waals surface area contributed by atoms with Crippen molar-refractivity contribution in [1.82, 2.24) is 10.3 Å². The summed E-state index contributed by atoms with van der Waals surface area (Å²) in [6.07, 6.45) is 3.39. The molecule has 3 N–H and O–H groups in total. The molecule has 156 valence electrons. The van der Waals surface area contributed by atoms with E-state index in [0.717, 1.165) is 24.1 Å². The molecule has 3 rings (SSSR count). The van der Waals surface area contributed by atoms with Gasteiger partial charge in [0.15, 0.2) is 0 Å². The van der Waals surface area contributed by atoms with Crippen LogP contribution in [0, 0.1) is 0 Å². The molecule has 0 saturated carbocycles. The van der Waals surface area contributed by atoms with E-state index in [1.165, 1.54) is 16.7 Å². The van der Waals surface area contributed by atoms with Gasteiger partial charge in [-0.2, -0.15) is 0 Å². The van der Waals surface area contributed by atoms with Gasteiger partial charge in [-0.15, -0.1) is 0 Å². The van der Waals surface area contributed by atoms with Gasteiger partial charge in [0.2, 0.25) is 0 Å². The van der Waals surface area contributed by atoms with Crippen molar-refractivity contribution in [3.05, 3.63) is 87.8 Å². The number of rotatable bonds is 5. The molecule has 0 spiro atoms. The molecule has 3 aromatic rings. The van der Waals surface area contributed by atoms with Crippen LogP contribution >= 0.6 is 0 Å². The molecule has 30 heavy (non-hydrogen) atoms. The molecule has 0 saturated heterocycles. The van der Waals surface area contributed by atoms with Gasteiger partial charge >= 0.3 is 6.03 Å². The van der Waals surface area contributed by atoms with Crippen LogP contribution in [0.5, 0.6) is 0 Å². The largest absolute Gasteiger partial charge is 0.341 e. The van der Waals surface area contributed by atoms with Crippen molar-refractivity contribution in [1.29, 1.82) is 0 Å². The Bertz CT molecular complexity index is 1080. The van der Waals surface area contributed by atoms with Crippen LogP contribution in [0.15, 0.2) is 65.6 Å². The maximum absolute atomic E-state index is 12.3. The van der Waals surface area contributed by atoms with Gasteiger partial charge in [0.05, 0.1) is 0 Å². The Labute approximate surface area is 177 Å². The maximum atomic E-state index is 12.3. The normalized spacial score (nSPS) is 11.2. The number of aromatic amines is 1. The molecular formula is C25H29N3O2. The average molecular weight is 404 g/mol. The minimum Gasteiger partial charge on any atom is -0.341 e. The third kappa shape index (κ3) is 5.38.